The predicted octanol–water partition coefficient (Wildman–Crippen LogP) is 1.44. The van der Waals surface area contributed by atoms with Gasteiger partial charge in [0.25, 0.3) is 0 Å². The van der Waals surface area contributed by atoms with Crippen LogP contribution in [-0.2, 0) is 16.1 Å². The standard InChI is InChI=1S/C15H23NO4S/c1-19-14-5-3-12(4-6-14)10-20-11-13(17)9-16-15(18)7-8-21-2/h3-6,13,17H,7-11H2,1-2H3,(H,16,18). The summed E-state index contributed by atoms with van der Waals surface area (Å²) >= 11 is 1.62. The number of hydrogen-bond donors (Lipinski definition) is 2. The first-order chi connectivity index (χ1) is 10.2. The van der Waals surface area contributed by atoms with Crippen molar-refractivity contribution in [2.45, 2.75) is 19.1 Å². The molecule has 6 heteroatoms. The molecule has 0 aliphatic rings. The summed E-state index contributed by atoms with van der Waals surface area (Å²) in [6.45, 7) is 0.826. The van der Waals surface area contributed by atoms with Crippen molar-refractivity contribution in [1.82, 2.24) is 5.32 Å². The molecule has 0 heterocycles. The minimum Gasteiger partial charge on any atom is -0.497 e. The van der Waals surface area contributed by atoms with Crippen molar-refractivity contribution < 1.29 is 19.4 Å². The minimum absolute atomic E-state index is 0.0430. The molecule has 1 aromatic rings. The largest absolute Gasteiger partial charge is 0.497 e. The maximum absolute atomic E-state index is 11.4. The zero-order chi connectivity index (χ0) is 15.5. The Bertz CT molecular complexity index is 411. The molecule has 0 saturated carbocycles. The van der Waals surface area contributed by atoms with Gasteiger partial charge in [-0.3, -0.25) is 4.79 Å². The first-order valence-corrected chi connectivity index (χ1v) is 8.19. The van der Waals surface area contributed by atoms with Gasteiger partial charge in [-0.1, -0.05) is 12.1 Å². The lowest BCUT2D eigenvalue weighted by atomic mass is 10.2. The van der Waals surface area contributed by atoms with Gasteiger partial charge in [0.05, 0.1) is 26.4 Å². The van der Waals surface area contributed by atoms with Crippen LogP contribution in [0.3, 0.4) is 0 Å². The maximum Gasteiger partial charge on any atom is 0.220 e. The summed E-state index contributed by atoms with van der Waals surface area (Å²) in [7, 11) is 1.62. The molecule has 0 radical (unpaired) electrons. The van der Waals surface area contributed by atoms with Crippen molar-refractivity contribution in [3.63, 3.8) is 0 Å². The lowest BCUT2D eigenvalue weighted by Crippen LogP contribution is -2.34. The Labute approximate surface area is 130 Å². The fraction of sp³-hybridized carbons (Fsp3) is 0.533. The van der Waals surface area contributed by atoms with Gasteiger partial charge in [0.2, 0.25) is 5.91 Å². The second-order valence-corrected chi connectivity index (χ2v) is 5.55. The Hall–Kier alpha value is -1.24. The van der Waals surface area contributed by atoms with Crippen molar-refractivity contribution in [2.24, 2.45) is 0 Å². The number of benzene rings is 1. The molecule has 0 bridgehead atoms. The van der Waals surface area contributed by atoms with E-state index in [0.29, 0.717) is 13.0 Å². The average Bonchev–Trinajstić information content (AvgIpc) is 2.51. The number of carbonyl (C=O) groups excluding carboxylic acids is 1. The fourth-order valence-electron chi connectivity index (χ4n) is 1.61. The molecule has 0 aliphatic carbocycles. The number of nitrogens with one attached hydrogen (secondary N) is 1. The summed E-state index contributed by atoms with van der Waals surface area (Å²) in [5.74, 6) is 1.54. The molecule has 0 fully saturated rings. The van der Waals surface area contributed by atoms with Crippen LogP contribution < -0.4 is 10.1 Å². The molecule has 2 N–H and O–H groups in total. The highest BCUT2D eigenvalue weighted by Crippen LogP contribution is 2.11. The van der Waals surface area contributed by atoms with Crippen LogP contribution in [0.25, 0.3) is 0 Å². The van der Waals surface area contributed by atoms with Gasteiger partial charge in [0.15, 0.2) is 0 Å². The zero-order valence-corrected chi connectivity index (χ0v) is 13.3. The highest BCUT2D eigenvalue weighted by Gasteiger charge is 2.07. The summed E-state index contributed by atoms with van der Waals surface area (Å²) in [5.41, 5.74) is 1.01. The summed E-state index contributed by atoms with van der Waals surface area (Å²) in [5, 5.41) is 12.4. The molecule has 1 atom stereocenters. The highest BCUT2D eigenvalue weighted by molar-refractivity contribution is 7.98. The molecular weight excluding hydrogens is 290 g/mol. The molecular formula is C15H23NO4S. The van der Waals surface area contributed by atoms with Crippen LogP contribution >= 0.6 is 11.8 Å². The lowest BCUT2D eigenvalue weighted by molar-refractivity contribution is -0.121. The SMILES string of the molecule is COc1ccc(COCC(O)CNC(=O)CCSC)cc1. The van der Waals surface area contributed by atoms with E-state index in [9.17, 15) is 9.90 Å². The van der Waals surface area contributed by atoms with Crippen molar-refractivity contribution in [3.05, 3.63) is 29.8 Å². The van der Waals surface area contributed by atoms with Crippen LogP contribution in [0.1, 0.15) is 12.0 Å². The normalized spacial score (nSPS) is 12.0. The van der Waals surface area contributed by atoms with Crippen LogP contribution in [0.2, 0.25) is 0 Å². The molecule has 21 heavy (non-hydrogen) atoms. The summed E-state index contributed by atoms with van der Waals surface area (Å²) in [6.07, 6.45) is 1.73. The van der Waals surface area contributed by atoms with Crippen LogP contribution in [0, 0.1) is 0 Å². The Balaban J connectivity index is 2.14. The lowest BCUT2D eigenvalue weighted by Gasteiger charge is -2.12. The Morgan fingerprint density at radius 2 is 2.10 bits per heavy atom. The van der Waals surface area contributed by atoms with E-state index in [1.165, 1.54) is 0 Å². The number of aliphatic hydroxyl groups excluding tert-OH is 1. The zero-order valence-electron chi connectivity index (χ0n) is 12.5. The van der Waals surface area contributed by atoms with E-state index in [-0.39, 0.29) is 19.1 Å². The third kappa shape index (κ3) is 7.94. The predicted molar refractivity (Wildman–Crippen MR) is 84.7 cm³/mol. The summed E-state index contributed by atoms with van der Waals surface area (Å²) in [6, 6.07) is 7.55. The quantitative estimate of drug-likeness (QED) is 0.684. The van der Waals surface area contributed by atoms with Gasteiger partial charge in [0.1, 0.15) is 5.75 Å². The van der Waals surface area contributed by atoms with Gasteiger partial charge >= 0.3 is 0 Å². The first-order valence-electron chi connectivity index (χ1n) is 6.80. The van der Waals surface area contributed by atoms with Crippen molar-refractivity contribution in [1.29, 1.82) is 0 Å². The van der Waals surface area contributed by atoms with Gasteiger partial charge in [-0.25, -0.2) is 0 Å². The van der Waals surface area contributed by atoms with E-state index in [1.807, 2.05) is 30.5 Å². The number of ether oxygens (including phenoxy) is 2. The molecule has 5 nitrogen and oxygen atoms in total. The van der Waals surface area contributed by atoms with Gasteiger partial charge in [-0.15, -0.1) is 0 Å². The molecule has 0 saturated heterocycles. The molecule has 0 aromatic heterocycles. The minimum atomic E-state index is -0.693. The van der Waals surface area contributed by atoms with Crippen LogP contribution in [0.5, 0.6) is 5.75 Å². The van der Waals surface area contributed by atoms with Gasteiger partial charge in [0, 0.05) is 18.7 Å². The van der Waals surface area contributed by atoms with E-state index < -0.39 is 6.10 Å². The summed E-state index contributed by atoms with van der Waals surface area (Å²) < 4.78 is 10.5. The molecule has 1 aromatic carbocycles. The second kappa shape index (κ2) is 10.5. The number of aliphatic hydroxyl groups is 1. The van der Waals surface area contributed by atoms with Crippen LogP contribution in [0.15, 0.2) is 24.3 Å². The number of amides is 1. The Kier molecular flexibility index (Phi) is 8.89. The van der Waals surface area contributed by atoms with E-state index in [4.69, 9.17) is 9.47 Å². The number of methoxy groups -OCH3 is 1. The highest BCUT2D eigenvalue weighted by atomic mass is 32.2. The summed E-state index contributed by atoms with van der Waals surface area (Å²) in [4.78, 5) is 11.4. The topological polar surface area (TPSA) is 67.8 Å². The van der Waals surface area contributed by atoms with E-state index in [0.717, 1.165) is 17.1 Å². The number of thioether (sulfide) groups is 1. The monoisotopic (exact) mass is 313 g/mol. The van der Waals surface area contributed by atoms with E-state index in [1.54, 1.807) is 18.9 Å². The third-order valence-electron chi connectivity index (χ3n) is 2.81. The Morgan fingerprint density at radius 3 is 2.71 bits per heavy atom. The van der Waals surface area contributed by atoms with Gasteiger partial charge in [-0.05, 0) is 24.0 Å². The Morgan fingerprint density at radius 1 is 1.38 bits per heavy atom. The number of hydrogen-bond acceptors (Lipinski definition) is 5. The van der Waals surface area contributed by atoms with E-state index in [2.05, 4.69) is 5.32 Å². The van der Waals surface area contributed by atoms with Crippen LogP contribution in [0.4, 0.5) is 0 Å². The van der Waals surface area contributed by atoms with Crippen molar-refractivity contribution in [3.8, 4) is 5.75 Å². The number of rotatable bonds is 10. The van der Waals surface area contributed by atoms with Crippen molar-refractivity contribution >= 4 is 17.7 Å². The first kappa shape index (κ1) is 17.8. The molecule has 0 spiro atoms. The molecule has 1 unspecified atom stereocenters. The average molecular weight is 313 g/mol. The van der Waals surface area contributed by atoms with Gasteiger partial charge < -0.3 is 19.9 Å². The van der Waals surface area contributed by atoms with Crippen molar-refractivity contribution in [2.75, 3.05) is 32.3 Å². The molecule has 0 aliphatic heterocycles. The van der Waals surface area contributed by atoms with Gasteiger partial charge in [-0.2, -0.15) is 11.8 Å². The smallest absolute Gasteiger partial charge is 0.220 e. The van der Waals surface area contributed by atoms with Crippen LogP contribution in [-0.4, -0.2) is 49.4 Å². The van der Waals surface area contributed by atoms with E-state index >= 15 is 0 Å². The molecule has 118 valence electrons. The fourth-order valence-corrected chi connectivity index (χ4v) is 2.00. The second-order valence-electron chi connectivity index (χ2n) is 4.56. The molecule has 1 rings (SSSR count). The molecule has 1 amide bonds. The number of carbonyl (C=O) groups is 1. The maximum atomic E-state index is 11.4. The third-order valence-corrected chi connectivity index (χ3v) is 3.42.